The lowest BCUT2D eigenvalue weighted by molar-refractivity contribution is -0.142. The number of amides is 2. The highest BCUT2D eigenvalue weighted by atomic mass is 28.3. The van der Waals surface area contributed by atoms with E-state index >= 15 is 0 Å². The second kappa shape index (κ2) is 14.8. The summed E-state index contributed by atoms with van der Waals surface area (Å²) < 4.78 is 0. The molecular weight excluding hydrogens is 663 g/mol. The van der Waals surface area contributed by atoms with Crippen molar-refractivity contribution in [1.82, 2.24) is 14.7 Å². The van der Waals surface area contributed by atoms with Gasteiger partial charge in [0.1, 0.15) is 19.7 Å². The third-order valence-corrected chi connectivity index (χ3v) is 15.0. The summed E-state index contributed by atoms with van der Waals surface area (Å²) in [6, 6.07) is 13.6. The molecule has 2 saturated heterocycles. The smallest absolute Gasteiger partial charge is 0.254 e. The molecule has 2 aromatic carbocycles. The van der Waals surface area contributed by atoms with Crippen LogP contribution in [0.15, 0.2) is 42.5 Å². The fraction of sp³-hybridized carbons (Fsp3) is 0.682. The van der Waals surface area contributed by atoms with Gasteiger partial charge in [-0.15, -0.1) is 5.54 Å². The van der Waals surface area contributed by atoms with E-state index in [2.05, 4.69) is 55.9 Å². The Bertz CT molecular complexity index is 1690. The maximum Gasteiger partial charge on any atom is 0.254 e. The molecule has 9 unspecified atom stereocenters. The first kappa shape index (κ1) is 37.6. The van der Waals surface area contributed by atoms with E-state index in [0.29, 0.717) is 55.3 Å². The number of benzene rings is 2. The van der Waals surface area contributed by atoms with Crippen LogP contribution in [0.25, 0.3) is 10.8 Å². The van der Waals surface area contributed by atoms with E-state index in [9.17, 15) is 19.8 Å². The highest BCUT2D eigenvalue weighted by Gasteiger charge is 2.55. The SMILES string of the molecule is CC1CCC(O)(C#C[Si](C)(C)C)CCCC2C1CCC1CC(O)C(N3CCN(C(=O)C4CCCN4C(=O)c4ccc5ccccc5c4)CC3)CC12C. The number of aliphatic hydroxyl groups is 2. The minimum atomic E-state index is -1.58. The van der Waals surface area contributed by atoms with Crippen LogP contribution >= 0.6 is 0 Å². The lowest BCUT2D eigenvalue weighted by atomic mass is 9.49. The molecule has 282 valence electrons. The number of nitrogens with zero attached hydrogens (tertiary/aromatic N) is 3. The van der Waals surface area contributed by atoms with Gasteiger partial charge in [0.25, 0.3) is 5.91 Å². The van der Waals surface area contributed by atoms with Gasteiger partial charge in [-0.2, -0.15) is 0 Å². The number of hydrogen-bond acceptors (Lipinski definition) is 5. The lowest BCUT2D eigenvalue weighted by Gasteiger charge is -2.59. The lowest BCUT2D eigenvalue weighted by Crippen LogP contribution is -2.62. The van der Waals surface area contributed by atoms with Crippen LogP contribution in [-0.2, 0) is 4.79 Å². The van der Waals surface area contributed by atoms with Gasteiger partial charge in [-0.05, 0) is 123 Å². The average molecular weight is 726 g/mol. The van der Waals surface area contributed by atoms with Crippen LogP contribution in [0.1, 0.15) is 94.8 Å². The molecule has 0 aromatic heterocycles. The van der Waals surface area contributed by atoms with Gasteiger partial charge in [-0.25, -0.2) is 0 Å². The molecule has 0 spiro atoms. The van der Waals surface area contributed by atoms with Crippen molar-refractivity contribution >= 4 is 30.7 Å². The molecular formula is C44H63N3O4Si. The summed E-state index contributed by atoms with van der Waals surface area (Å²) in [4.78, 5) is 34.0. The van der Waals surface area contributed by atoms with Gasteiger partial charge in [0.05, 0.1) is 6.10 Å². The Morgan fingerprint density at radius 2 is 1.63 bits per heavy atom. The molecule has 9 atom stereocenters. The van der Waals surface area contributed by atoms with Gasteiger partial charge in [0.15, 0.2) is 0 Å². The van der Waals surface area contributed by atoms with Crippen molar-refractivity contribution in [3.63, 3.8) is 0 Å². The van der Waals surface area contributed by atoms with Crippen LogP contribution in [-0.4, -0.2) is 101 Å². The third kappa shape index (κ3) is 7.63. The van der Waals surface area contributed by atoms with Crippen LogP contribution in [0.5, 0.6) is 0 Å². The van der Waals surface area contributed by atoms with Gasteiger partial charge in [-0.3, -0.25) is 14.5 Å². The van der Waals surface area contributed by atoms with Gasteiger partial charge < -0.3 is 20.0 Å². The molecule has 8 heteroatoms. The van der Waals surface area contributed by atoms with Crippen LogP contribution in [0, 0.1) is 40.6 Å². The summed E-state index contributed by atoms with van der Waals surface area (Å²) in [5, 5.41) is 25.5. The molecule has 0 radical (unpaired) electrons. The number of carbonyl (C=O) groups excluding carboxylic acids is 2. The minimum absolute atomic E-state index is 0.0532. The van der Waals surface area contributed by atoms with Crippen molar-refractivity contribution in [3.05, 3.63) is 48.0 Å². The van der Waals surface area contributed by atoms with E-state index in [1.807, 2.05) is 46.2 Å². The third-order valence-electron chi connectivity index (χ3n) is 14.2. The minimum Gasteiger partial charge on any atom is -0.391 e. The second-order valence-electron chi connectivity index (χ2n) is 18.6. The van der Waals surface area contributed by atoms with Crippen molar-refractivity contribution < 1.29 is 19.8 Å². The molecule has 7 rings (SSSR count). The summed E-state index contributed by atoms with van der Waals surface area (Å²) in [6.45, 7) is 15.1. The van der Waals surface area contributed by atoms with Crippen molar-refractivity contribution in [1.29, 1.82) is 0 Å². The largest absolute Gasteiger partial charge is 0.391 e. The Morgan fingerprint density at radius 3 is 2.38 bits per heavy atom. The molecule has 2 amide bonds. The quantitative estimate of drug-likeness (QED) is 0.264. The standard InChI is InChI=1S/C44H63N3O4Si/c1-31-18-20-44(51,21-27-52(3,4)5)19-8-12-37-36(31)17-16-35-29-40(48)39(30-43(35,37)2)45-23-25-46(26-24-45)42(50)38-13-9-22-47(38)41(49)34-15-14-32-10-6-7-11-33(32)28-34/h6-7,10-11,14-15,28,31,35-40,48,51H,8-9,12-13,16-20,22-26,29-30H2,1-5H3. The van der Waals surface area contributed by atoms with E-state index < -0.39 is 19.7 Å². The highest BCUT2D eigenvalue weighted by Crippen LogP contribution is 2.59. The summed E-state index contributed by atoms with van der Waals surface area (Å²) in [5.41, 5.74) is 3.41. The van der Waals surface area contributed by atoms with E-state index in [1.54, 1.807) is 0 Å². The second-order valence-corrected chi connectivity index (χ2v) is 23.4. The number of rotatable bonds is 3. The molecule has 2 aromatic rings. The molecule has 2 heterocycles. The van der Waals surface area contributed by atoms with Crippen LogP contribution in [0.4, 0.5) is 0 Å². The molecule has 3 saturated carbocycles. The zero-order valence-electron chi connectivity index (χ0n) is 32.4. The van der Waals surface area contributed by atoms with Gasteiger partial charge >= 0.3 is 0 Å². The number of fused-ring (bicyclic) bond motifs is 4. The monoisotopic (exact) mass is 725 g/mol. The topological polar surface area (TPSA) is 84.3 Å². The summed E-state index contributed by atoms with van der Waals surface area (Å²) in [6.07, 6.45) is 10.2. The average Bonchev–Trinajstić information content (AvgIpc) is 3.64. The van der Waals surface area contributed by atoms with E-state index in [1.165, 1.54) is 12.8 Å². The van der Waals surface area contributed by atoms with Gasteiger partial charge in [0, 0.05) is 44.3 Å². The maximum absolute atomic E-state index is 14.0. The Hall–Kier alpha value is -2.70. The first-order valence-corrected chi connectivity index (χ1v) is 24.0. The van der Waals surface area contributed by atoms with Gasteiger partial charge in [-0.1, -0.05) is 69.7 Å². The summed E-state index contributed by atoms with van der Waals surface area (Å²) in [5.74, 6) is 5.71. The van der Waals surface area contributed by atoms with Crippen molar-refractivity contribution in [2.75, 3.05) is 32.7 Å². The number of aliphatic hydroxyl groups excluding tert-OH is 1. The predicted octanol–water partition coefficient (Wildman–Crippen LogP) is 6.97. The van der Waals surface area contributed by atoms with Crippen molar-refractivity contribution in [3.8, 4) is 11.5 Å². The summed E-state index contributed by atoms with van der Waals surface area (Å²) in [7, 11) is -1.58. The Kier molecular flexibility index (Phi) is 10.7. The summed E-state index contributed by atoms with van der Waals surface area (Å²) >= 11 is 0. The van der Waals surface area contributed by atoms with Crippen LogP contribution < -0.4 is 0 Å². The fourth-order valence-corrected chi connectivity index (χ4v) is 11.7. The molecule has 7 nitrogen and oxygen atoms in total. The highest BCUT2D eigenvalue weighted by molar-refractivity contribution is 6.83. The Morgan fingerprint density at radius 1 is 0.885 bits per heavy atom. The molecule has 52 heavy (non-hydrogen) atoms. The van der Waals surface area contributed by atoms with E-state index in [-0.39, 0.29) is 29.4 Å². The van der Waals surface area contributed by atoms with Crippen molar-refractivity contribution in [2.24, 2.45) is 29.1 Å². The van der Waals surface area contributed by atoms with Crippen LogP contribution in [0.2, 0.25) is 19.6 Å². The molecule has 2 aliphatic heterocycles. The number of likely N-dealkylation sites (tertiary alicyclic amines) is 1. The normalized spacial score (nSPS) is 36.1. The number of hydrogen-bond donors (Lipinski definition) is 2. The molecule has 3 aliphatic carbocycles. The molecule has 0 bridgehead atoms. The zero-order valence-corrected chi connectivity index (χ0v) is 33.4. The first-order valence-electron chi connectivity index (χ1n) is 20.5. The molecule has 5 aliphatic rings. The van der Waals surface area contributed by atoms with E-state index in [4.69, 9.17) is 0 Å². The fourth-order valence-electron chi connectivity index (χ4n) is 11.1. The number of piperazine rings is 1. The zero-order chi connectivity index (χ0) is 36.8. The van der Waals surface area contributed by atoms with Gasteiger partial charge in [0.2, 0.25) is 5.91 Å². The Labute approximate surface area is 313 Å². The predicted molar refractivity (Wildman–Crippen MR) is 211 cm³/mol. The van der Waals surface area contributed by atoms with E-state index in [0.717, 1.165) is 75.2 Å². The maximum atomic E-state index is 14.0. The van der Waals surface area contributed by atoms with Crippen LogP contribution in [0.3, 0.4) is 0 Å². The molecule has 2 N–H and O–H groups in total. The number of carbonyl (C=O) groups is 2. The molecule has 5 fully saturated rings. The van der Waals surface area contributed by atoms with Crippen molar-refractivity contribution in [2.45, 2.75) is 128 Å². The Balaban J connectivity index is 1.00. The first-order chi connectivity index (χ1) is 24.7.